The van der Waals surface area contributed by atoms with Gasteiger partial charge in [-0.05, 0) is 48.6 Å². The Morgan fingerprint density at radius 2 is 1.81 bits per heavy atom. The van der Waals surface area contributed by atoms with Crippen LogP contribution in [0, 0.1) is 0 Å². The van der Waals surface area contributed by atoms with Gasteiger partial charge in [0.15, 0.2) is 0 Å². The molecule has 1 aliphatic rings. The quantitative estimate of drug-likeness (QED) is 0.822. The van der Waals surface area contributed by atoms with Gasteiger partial charge < -0.3 is 4.74 Å². The molecular formula is C16H14F3NO. The van der Waals surface area contributed by atoms with Crippen LogP contribution in [0.1, 0.15) is 35.9 Å². The van der Waals surface area contributed by atoms with Crippen LogP contribution in [0.2, 0.25) is 0 Å². The molecule has 2 nitrogen and oxygen atoms in total. The van der Waals surface area contributed by atoms with Gasteiger partial charge in [0, 0.05) is 17.8 Å². The first-order valence-corrected chi connectivity index (χ1v) is 6.79. The second kappa shape index (κ2) is 5.39. The zero-order valence-corrected chi connectivity index (χ0v) is 11.2. The molecule has 1 aromatic carbocycles. The Labute approximate surface area is 120 Å². The van der Waals surface area contributed by atoms with Gasteiger partial charge in [-0.2, -0.15) is 0 Å². The molecule has 3 rings (SSSR count). The third kappa shape index (κ3) is 3.17. The lowest BCUT2D eigenvalue weighted by Crippen LogP contribution is -2.23. The number of nitrogens with zero attached hydrogens (tertiary/aromatic N) is 1. The first-order chi connectivity index (χ1) is 10.0. The summed E-state index contributed by atoms with van der Waals surface area (Å²) in [5.41, 5.74) is 1.87. The van der Waals surface area contributed by atoms with E-state index >= 15 is 0 Å². The SMILES string of the molecule is FC(F)(F)Oc1cccc(C2CCC2c2ccccn2)c1. The molecule has 1 saturated carbocycles. The molecule has 110 valence electrons. The molecule has 1 heterocycles. The van der Waals surface area contributed by atoms with Gasteiger partial charge in [0.2, 0.25) is 0 Å². The molecule has 0 saturated heterocycles. The van der Waals surface area contributed by atoms with E-state index in [0.717, 1.165) is 24.1 Å². The second-order valence-electron chi connectivity index (χ2n) is 5.17. The molecule has 1 aromatic heterocycles. The van der Waals surface area contributed by atoms with Crippen LogP contribution in [0.3, 0.4) is 0 Å². The van der Waals surface area contributed by atoms with Gasteiger partial charge in [-0.15, -0.1) is 13.2 Å². The number of benzene rings is 1. The fraction of sp³-hybridized carbons (Fsp3) is 0.312. The summed E-state index contributed by atoms with van der Waals surface area (Å²) < 4.78 is 40.8. The lowest BCUT2D eigenvalue weighted by molar-refractivity contribution is -0.274. The molecule has 1 aliphatic carbocycles. The highest BCUT2D eigenvalue weighted by Crippen LogP contribution is 2.48. The van der Waals surface area contributed by atoms with E-state index in [1.54, 1.807) is 12.3 Å². The van der Waals surface area contributed by atoms with Crippen molar-refractivity contribution in [3.8, 4) is 5.75 Å². The lowest BCUT2D eigenvalue weighted by atomic mass is 9.68. The van der Waals surface area contributed by atoms with Gasteiger partial charge >= 0.3 is 6.36 Å². The molecule has 2 aromatic rings. The first kappa shape index (κ1) is 13.9. The summed E-state index contributed by atoms with van der Waals surface area (Å²) in [6.07, 6.45) is -0.949. The van der Waals surface area contributed by atoms with Crippen LogP contribution < -0.4 is 4.74 Å². The van der Waals surface area contributed by atoms with Crippen molar-refractivity contribution in [1.29, 1.82) is 0 Å². The van der Waals surface area contributed by atoms with Crippen LogP contribution in [-0.4, -0.2) is 11.3 Å². The molecule has 0 N–H and O–H groups in total. The number of rotatable bonds is 3. The Hall–Kier alpha value is -2.04. The number of hydrogen-bond acceptors (Lipinski definition) is 2. The van der Waals surface area contributed by atoms with Crippen LogP contribution in [-0.2, 0) is 0 Å². The summed E-state index contributed by atoms with van der Waals surface area (Å²) >= 11 is 0. The average Bonchev–Trinajstić information content (AvgIpc) is 2.37. The van der Waals surface area contributed by atoms with E-state index in [4.69, 9.17) is 0 Å². The van der Waals surface area contributed by atoms with E-state index < -0.39 is 6.36 Å². The van der Waals surface area contributed by atoms with Crippen molar-refractivity contribution in [2.24, 2.45) is 0 Å². The minimum Gasteiger partial charge on any atom is -0.406 e. The zero-order chi connectivity index (χ0) is 14.9. The van der Waals surface area contributed by atoms with Crippen molar-refractivity contribution < 1.29 is 17.9 Å². The van der Waals surface area contributed by atoms with Crippen LogP contribution >= 0.6 is 0 Å². The minimum absolute atomic E-state index is 0.160. The Kier molecular flexibility index (Phi) is 3.57. The third-order valence-corrected chi connectivity index (χ3v) is 3.86. The topological polar surface area (TPSA) is 22.1 Å². The average molecular weight is 293 g/mol. The summed E-state index contributed by atoms with van der Waals surface area (Å²) in [6.45, 7) is 0. The Morgan fingerprint density at radius 3 is 2.43 bits per heavy atom. The normalized spacial score (nSPS) is 21.7. The molecular weight excluding hydrogens is 279 g/mol. The van der Waals surface area contributed by atoms with Crippen molar-refractivity contribution in [2.45, 2.75) is 31.0 Å². The number of pyridine rings is 1. The number of aromatic nitrogens is 1. The van der Waals surface area contributed by atoms with Gasteiger partial charge in [-0.1, -0.05) is 18.2 Å². The van der Waals surface area contributed by atoms with Crippen molar-refractivity contribution in [1.82, 2.24) is 4.98 Å². The predicted octanol–water partition coefficient (Wildman–Crippen LogP) is 4.64. The molecule has 1 fully saturated rings. The molecule has 2 atom stereocenters. The highest BCUT2D eigenvalue weighted by atomic mass is 19.4. The highest BCUT2D eigenvalue weighted by Gasteiger charge is 2.35. The first-order valence-electron chi connectivity index (χ1n) is 6.79. The second-order valence-corrected chi connectivity index (χ2v) is 5.17. The number of hydrogen-bond donors (Lipinski definition) is 0. The minimum atomic E-state index is -4.65. The van der Waals surface area contributed by atoms with Crippen molar-refractivity contribution in [3.05, 3.63) is 59.9 Å². The van der Waals surface area contributed by atoms with Gasteiger partial charge in [-0.25, -0.2) is 0 Å². The third-order valence-electron chi connectivity index (χ3n) is 3.86. The summed E-state index contributed by atoms with van der Waals surface area (Å²) in [5.74, 6) is 0.315. The van der Waals surface area contributed by atoms with Crippen LogP contribution in [0.4, 0.5) is 13.2 Å². The fourth-order valence-electron chi connectivity index (χ4n) is 2.79. The molecule has 21 heavy (non-hydrogen) atoms. The molecule has 5 heteroatoms. The van der Waals surface area contributed by atoms with Crippen LogP contribution in [0.5, 0.6) is 5.75 Å². The molecule has 0 radical (unpaired) electrons. The molecule has 2 unspecified atom stereocenters. The van der Waals surface area contributed by atoms with E-state index in [2.05, 4.69) is 9.72 Å². The summed E-state index contributed by atoms with van der Waals surface area (Å²) in [4.78, 5) is 4.35. The summed E-state index contributed by atoms with van der Waals surface area (Å²) in [7, 11) is 0. The summed E-state index contributed by atoms with van der Waals surface area (Å²) in [5, 5.41) is 0. The Balaban J connectivity index is 1.80. The predicted molar refractivity (Wildman–Crippen MR) is 72.1 cm³/mol. The molecule has 0 aliphatic heterocycles. The standard InChI is InChI=1S/C16H14F3NO/c17-16(18,19)21-12-5-3-4-11(10-12)13-7-8-14(13)15-6-1-2-9-20-15/h1-6,9-10,13-14H,7-8H2. The van der Waals surface area contributed by atoms with Gasteiger partial charge in [0.1, 0.15) is 5.75 Å². The van der Waals surface area contributed by atoms with Crippen molar-refractivity contribution in [3.63, 3.8) is 0 Å². The van der Waals surface area contributed by atoms with Gasteiger partial charge in [0.25, 0.3) is 0 Å². The van der Waals surface area contributed by atoms with Gasteiger partial charge in [0.05, 0.1) is 0 Å². The molecule has 0 spiro atoms. The fourth-order valence-corrected chi connectivity index (χ4v) is 2.79. The Bertz CT molecular complexity index is 612. The van der Waals surface area contributed by atoms with Crippen molar-refractivity contribution >= 4 is 0 Å². The summed E-state index contributed by atoms with van der Waals surface area (Å²) in [6, 6.07) is 12.0. The monoisotopic (exact) mass is 293 g/mol. The lowest BCUT2D eigenvalue weighted by Gasteiger charge is -2.36. The maximum atomic E-state index is 12.3. The van der Waals surface area contributed by atoms with Crippen LogP contribution in [0.25, 0.3) is 0 Å². The maximum absolute atomic E-state index is 12.3. The maximum Gasteiger partial charge on any atom is 0.573 e. The smallest absolute Gasteiger partial charge is 0.406 e. The molecule has 0 bridgehead atoms. The van der Waals surface area contributed by atoms with E-state index in [1.165, 1.54) is 12.1 Å². The van der Waals surface area contributed by atoms with E-state index in [0.29, 0.717) is 0 Å². The van der Waals surface area contributed by atoms with Crippen LogP contribution in [0.15, 0.2) is 48.7 Å². The van der Waals surface area contributed by atoms with Gasteiger partial charge in [-0.3, -0.25) is 4.98 Å². The van der Waals surface area contributed by atoms with E-state index in [9.17, 15) is 13.2 Å². The number of alkyl halides is 3. The highest BCUT2D eigenvalue weighted by molar-refractivity contribution is 5.35. The number of ether oxygens (including phenoxy) is 1. The largest absolute Gasteiger partial charge is 0.573 e. The Morgan fingerprint density at radius 1 is 1.00 bits per heavy atom. The van der Waals surface area contributed by atoms with E-state index in [-0.39, 0.29) is 17.6 Å². The van der Waals surface area contributed by atoms with Crippen molar-refractivity contribution in [2.75, 3.05) is 0 Å². The number of halogens is 3. The zero-order valence-electron chi connectivity index (χ0n) is 11.2. The molecule has 0 amide bonds. The van der Waals surface area contributed by atoms with E-state index in [1.807, 2.05) is 24.3 Å².